The molecule has 9 aromatic carbocycles. The second-order valence-electron chi connectivity index (χ2n) is 14.9. The highest BCUT2D eigenvalue weighted by molar-refractivity contribution is 7.26. The molecule has 0 aliphatic rings. The Morgan fingerprint density at radius 2 is 0.797 bits per heavy atom. The quantitative estimate of drug-likeness (QED) is 0.164. The summed E-state index contributed by atoms with van der Waals surface area (Å²) in [5, 5.41) is 11.1. The molecule has 0 radical (unpaired) electrons. The molecule has 0 bridgehead atoms. The molecule has 0 amide bonds. The van der Waals surface area contributed by atoms with Crippen molar-refractivity contribution in [2.75, 3.05) is 0 Å². The predicted molar refractivity (Wildman–Crippen MR) is 248 cm³/mol. The van der Waals surface area contributed by atoms with Gasteiger partial charge in [-0.2, -0.15) is 0 Å². The number of hydrogen-bond donors (Lipinski definition) is 0. The maximum atomic E-state index is 5.68. The molecule has 12 rings (SSSR count). The minimum atomic E-state index is 0.614. The monoisotopic (exact) mass is 768 g/mol. The minimum Gasteiger partial charge on any atom is -0.246 e. The van der Waals surface area contributed by atoms with Gasteiger partial charge in [0, 0.05) is 53.4 Å². The second-order valence-corrected chi connectivity index (χ2v) is 16.0. The molecule has 3 aromatic heterocycles. The van der Waals surface area contributed by atoms with E-state index in [2.05, 4.69) is 133 Å². The van der Waals surface area contributed by atoms with E-state index in [0.29, 0.717) is 17.5 Å². The summed E-state index contributed by atoms with van der Waals surface area (Å²) in [5.41, 5.74) is 7.96. The summed E-state index contributed by atoms with van der Waals surface area (Å²) in [6.07, 6.45) is 0. The summed E-state index contributed by atoms with van der Waals surface area (Å²) in [4.78, 5) is 20.8. The van der Waals surface area contributed by atoms with E-state index in [1.807, 2.05) is 72.0 Å². The topological polar surface area (TPSA) is 51.6 Å². The number of nitrogens with zero attached hydrogens (tertiary/aromatic N) is 4. The van der Waals surface area contributed by atoms with Crippen molar-refractivity contribution in [1.29, 1.82) is 0 Å². The smallest absolute Gasteiger partial charge is 0.164 e. The SMILES string of the molecule is c1ccc(-c2nc(-c3ccccc3)nc(-c3cccc(-c4nc5c(-c6ccc7c8ccccc8c8ccccc8c7c6)cccc5c5sc6ccccc6c45)c3)n2)cc1. The summed E-state index contributed by atoms with van der Waals surface area (Å²) in [6, 6.07) is 68.5. The zero-order valence-electron chi connectivity index (χ0n) is 31.7. The van der Waals surface area contributed by atoms with Crippen LogP contribution >= 0.6 is 11.3 Å². The lowest BCUT2D eigenvalue weighted by molar-refractivity contribution is 1.07. The van der Waals surface area contributed by atoms with E-state index in [0.717, 1.165) is 55.4 Å². The van der Waals surface area contributed by atoms with Crippen LogP contribution in [0.2, 0.25) is 0 Å². The Labute approximate surface area is 343 Å². The third-order valence-corrected chi connectivity index (χ3v) is 12.7. The fraction of sp³-hybridized carbons (Fsp3) is 0. The first-order chi connectivity index (χ1) is 29.2. The summed E-state index contributed by atoms with van der Waals surface area (Å²) in [6.45, 7) is 0. The summed E-state index contributed by atoms with van der Waals surface area (Å²) in [5.74, 6) is 1.88. The summed E-state index contributed by atoms with van der Waals surface area (Å²) >= 11 is 1.84. The Kier molecular flexibility index (Phi) is 7.68. The third kappa shape index (κ3) is 5.51. The lowest BCUT2D eigenvalue weighted by atomic mass is 9.91. The average Bonchev–Trinajstić information content (AvgIpc) is 3.72. The van der Waals surface area contributed by atoms with Crippen molar-refractivity contribution in [3.05, 3.63) is 194 Å². The van der Waals surface area contributed by atoms with Gasteiger partial charge in [0.25, 0.3) is 0 Å². The molecule has 0 saturated carbocycles. The number of benzene rings is 9. The molecule has 4 nitrogen and oxygen atoms in total. The molecular formula is C54H32N4S. The van der Waals surface area contributed by atoms with Crippen LogP contribution in [0.3, 0.4) is 0 Å². The van der Waals surface area contributed by atoms with E-state index in [-0.39, 0.29) is 0 Å². The fourth-order valence-corrected chi connectivity index (χ4v) is 9.98. The molecule has 0 atom stereocenters. The number of aromatic nitrogens is 4. The molecule has 0 saturated heterocycles. The Morgan fingerprint density at radius 1 is 0.305 bits per heavy atom. The van der Waals surface area contributed by atoms with Crippen molar-refractivity contribution in [3.8, 4) is 56.5 Å². The summed E-state index contributed by atoms with van der Waals surface area (Å²) < 4.78 is 2.47. The maximum absolute atomic E-state index is 5.68. The lowest BCUT2D eigenvalue weighted by Crippen LogP contribution is -2.00. The van der Waals surface area contributed by atoms with Crippen LogP contribution in [0.25, 0.3) is 120 Å². The molecule has 12 aromatic rings. The minimum absolute atomic E-state index is 0.614. The number of pyridine rings is 1. The highest BCUT2D eigenvalue weighted by Gasteiger charge is 2.20. The van der Waals surface area contributed by atoms with Crippen LogP contribution < -0.4 is 0 Å². The standard InChI is InChI=1S/C54H32N4S/c1-3-15-33(16-4-1)52-56-53(34-17-5-2-6-18-34)58-54(57-52)37-20-13-19-36(31-37)49-48-44-25-11-12-28-47(44)59-51(48)45-27-14-26-38(50(45)55-49)35-29-30-43-41-23-8-7-21-39(41)40-22-9-10-24-42(40)46(43)32-35/h1-32H. The molecule has 5 heteroatoms. The Morgan fingerprint density at radius 3 is 1.46 bits per heavy atom. The van der Waals surface area contributed by atoms with Gasteiger partial charge in [0.15, 0.2) is 17.5 Å². The van der Waals surface area contributed by atoms with E-state index in [1.165, 1.54) is 47.1 Å². The van der Waals surface area contributed by atoms with Crippen LogP contribution in [-0.2, 0) is 0 Å². The molecule has 0 spiro atoms. The normalized spacial score (nSPS) is 11.7. The lowest BCUT2D eigenvalue weighted by Gasteiger charge is -2.14. The average molecular weight is 769 g/mol. The highest BCUT2D eigenvalue weighted by Crippen LogP contribution is 2.46. The van der Waals surface area contributed by atoms with Gasteiger partial charge in [-0.1, -0.05) is 176 Å². The molecule has 0 fully saturated rings. The number of para-hydroxylation sites is 1. The van der Waals surface area contributed by atoms with Gasteiger partial charge in [-0.3, -0.25) is 0 Å². The van der Waals surface area contributed by atoms with E-state index in [1.54, 1.807) is 0 Å². The first kappa shape index (κ1) is 33.5. The van der Waals surface area contributed by atoms with Crippen molar-refractivity contribution < 1.29 is 0 Å². The van der Waals surface area contributed by atoms with Gasteiger partial charge in [-0.25, -0.2) is 19.9 Å². The second kappa shape index (κ2) is 13.5. The maximum Gasteiger partial charge on any atom is 0.164 e. The molecule has 59 heavy (non-hydrogen) atoms. The van der Waals surface area contributed by atoms with Crippen molar-refractivity contribution in [3.63, 3.8) is 0 Å². The fourth-order valence-electron chi connectivity index (χ4n) is 8.75. The number of fused-ring (bicyclic) bond motifs is 11. The molecule has 274 valence electrons. The number of rotatable bonds is 5. The van der Waals surface area contributed by atoms with Crippen LogP contribution in [-0.4, -0.2) is 19.9 Å². The molecule has 3 heterocycles. The van der Waals surface area contributed by atoms with Crippen LogP contribution in [0.5, 0.6) is 0 Å². The van der Waals surface area contributed by atoms with Gasteiger partial charge in [-0.15, -0.1) is 11.3 Å². The van der Waals surface area contributed by atoms with E-state index >= 15 is 0 Å². The largest absolute Gasteiger partial charge is 0.246 e. The van der Waals surface area contributed by atoms with Crippen molar-refractivity contribution in [2.45, 2.75) is 0 Å². The van der Waals surface area contributed by atoms with Crippen molar-refractivity contribution >= 4 is 74.7 Å². The van der Waals surface area contributed by atoms with Gasteiger partial charge < -0.3 is 0 Å². The van der Waals surface area contributed by atoms with E-state index in [9.17, 15) is 0 Å². The van der Waals surface area contributed by atoms with Crippen LogP contribution in [0.1, 0.15) is 0 Å². The van der Waals surface area contributed by atoms with Gasteiger partial charge >= 0.3 is 0 Å². The molecular weight excluding hydrogens is 737 g/mol. The van der Waals surface area contributed by atoms with Gasteiger partial charge in [0.05, 0.1) is 11.2 Å². The third-order valence-electron chi connectivity index (χ3n) is 11.5. The first-order valence-corrected chi connectivity index (χ1v) is 20.6. The van der Waals surface area contributed by atoms with Gasteiger partial charge in [0.1, 0.15) is 0 Å². The predicted octanol–water partition coefficient (Wildman–Crippen LogP) is 14.6. The Balaban J connectivity index is 1.09. The molecule has 0 N–H and O–H groups in total. The Hall–Kier alpha value is -7.60. The molecule has 0 unspecified atom stereocenters. The summed E-state index contributed by atoms with van der Waals surface area (Å²) in [7, 11) is 0. The van der Waals surface area contributed by atoms with Crippen LogP contribution in [0, 0.1) is 0 Å². The van der Waals surface area contributed by atoms with E-state index in [4.69, 9.17) is 19.9 Å². The van der Waals surface area contributed by atoms with Crippen molar-refractivity contribution in [1.82, 2.24) is 19.9 Å². The van der Waals surface area contributed by atoms with Crippen molar-refractivity contribution in [2.24, 2.45) is 0 Å². The zero-order valence-corrected chi connectivity index (χ0v) is 32.5. The Bertz CT molecular complexity index is 3520. The number of thiophene rings is 1. The van der Waals surface area contributed by atoms with Crippen LogP contribution in [0.15, 0.2) is 194 Å². The van der Waals surface area contributed by atoms with Gasteiger partial charge in [-0.05, 0) is 56.1 Å². The molecule has 0 aliphatic carbocycles. The number of hydrogen-bond acceptors (Lipinski definition) is 5. The highest BCUT2D eigenvalue weighted by atomic mass is 32.1. The molecule has 0 aliphatic heterocycles. The van der Waals surface area contributed by atoms with Crippen LogP contribution in [0.4, 0.5) is 0 Å². The zero-order chi connectivity index (χ0) is 38.9. The van der Waals surface area contributed by atoms with E-state index < -0.39 is 0 Å². The first-order valence-electron chi connectivity index (χ1n) is 19.8. The van der Waals surface area contributed by atoms with Gasteiger partial charge in [0.2, 0.25) is 0 Å².